The molecule has 0 radical (unpaired) electrons. The Bertz CT molecular complexity index is 890. The number of ether oxygens (including phenoxy) is 1. The van der Waals surface area contributed by atoms with Crippen LogP contribution < -0.4 is 5.32 Å². The molecule has 0 amide bonds. The van der Waals surface area contributed by atoms with Crippen LogP contribution in [0.5, 0.6) is 0 Å². The lowest BCUT2D eigenvalue weighted by Gasteiger charge is -2.32. The number of hydrogen-bond donors (Lipinski definition) is 1. The first-order valence-electron chi connectivity index (χ1n) is 9.34. The molecular formula is C22H27ClN2O2. The van der Waals surface area contributed by atoms with Gasteiger partial charge in [-0.2, -0.15) is 0 Å². The molecule has 0 fully saturated rings. The van der Waals surface area contributed by atoms with Crippen LogP contribution in [0.25, 0.3) is 0 Å². The van der Waals surface area contributed by atoms with Crippen molar-refractivity contribution >= 4 is 29.1 Å². The molecule has 1 heterocycles. The first kappa shape index (κ1) is 19.7. The molecule has 2 aromatic rings. The van der Waals surface area contributed by atoms with E-state index in [-0.39, 0.29) is 21.5 Å². The van der Waals surface area contributed by atoms with Gasteiger partial charge >= 0.3 is 5.97 Å². The number of esters is 1. The Hall–Kier alpha value is -2.07. The minimum Gasteiger partial charge on any atom is -0.462 e. The van der Waals surface area contributed by atoms with E-state index in [1.165, 1.54) is 11.1 Å². The maximum Gasteiger partial charge on any atom is 0.341 e. The van der Waals surface area contributed by atoms with Crippen LogP contribution in [0.15, 0.2) is 30.3 Å². The van der Waals surface area contributed by atoms with Crippen molar-refractivity contribution in [3.8, 4) is 0 Å². The third kappa shape index (κ3) is 3.31. The molecule has 1 atom stereocenters. The van der Waals surface area contributed by atoms with Gasteiger partial charge in [0.15, 0.2) is 0 Å². The van der Waals surface area contributed by atoms with Gasteiger partial charge in [0.05, 0.1) is 12.2 Å². The fourth-order valence-corrected chi connectivity index (χ4v) is 4.33. The number of benzene rings is 1. The van der Waals surface area contributed by atoms with E-state index in [1.807, 2.05) is 0 Å². The highest BCUT2D eigenvalue weighted by molar-refractivity contribution is 6.32. The molecule has 0 spiro atoms. The number of carbonyl (C=O) groups excluding carboxylic acids is 1. The molecule has 0 saturated heterocycles. The van der Waals surface area contributed by atoms with E-state index in [2.05, 4.69) is 63.1 Å². The molecule has 3 rings (SSSR count). The summed E-state index contributed by atoms with van der Waals surface area (Å²) in [6.07, 6.45) is 0. The van der Waals surface area contributed by atoms with Crippen molar-refractivity contribution in [3.63, 3.8) is 0 Å². The summed E-state index contributed by atoms with van der Waals surface area (Å²) in [5.41, 5.74) is 4.22. The van der Waals surface area contributed by atoms with Crippen molar-refractivity contribution in [1.29, 1.82) is 0 Å². The Balaban J connectivity index is 1.89. The second kappa shape index (κ2) is 6.83. The summed E-state index contributed by atoms with van der Waals surface area (Å²) < 4.78 is 4.99. The molecule has 27 heavy (non-hydrogen) atoms. The zero-order chi connectivity index (χ0) is 20.0. The van der Waals surface area contributed by atoms with E-state index >= 15 is 0 Å². The van der Waals surface area contributed by atoms with Gasteiger partial charge in [0.1, 0.15) is 11.0 Å². The first-order chi connectivity index (χ1) is 12.6. The summed E-state index contributed by atoms with van der Waals surface area (Å²) in [7, 11) is 0. The van der Waals surface area contributed by atoms with E-state index in [1.54, 1.807) is 19.1 Å². The zero-order valence-corrected chi connectivity index (χ0v) is 17.6. The molecule has 1 aliphatic rings. The van der Waals surface area contributed by atoms with Gasteiger partial charge in [-0.1, -0.05) is 52.3 Å². The number of pyridine rings is 1. The zero-order valence-electron chi connectivity index (χ0n) is 16.8. The number of hydrogen-bond acceptors (Lipinski definition) is 4. The average Bonchev–Trinajstić information content (AvgIpc) is 2.73. The summed E-state index contributed by atoms with van der Waals surface area (Å²) in [4.78, 5) is 16.2. The summed E-state index contributed by atoms with van der Waals surface area (Å²) in [6.45, 7) is 13.6. The number of carbonyl (C=O) groups is 1. The largest absolute Gasteiger partial charge is 0.462 e. The summed E-state index contributed by atoms with van der Waals surface area (Å²) in [5.74, 6) is 0.667. The van der Waals surface area contributed by atoms with Gasteiger partial charge in [0.25, 0.3) is 0 Å². The van der Waals surface area contributed by atoms with Crippen LogP contribution in [-0.4, -0.2) is 17.6 Å². The SMILES string of the molecule is CCOC(=O)c1ccc(Nc2ccc3c(c2)C(C)(C)C(C)C3(C)C)nc1Cl. The number of fused-ring (bicyclic) bond motifs is 1. The maximum absolute atomic E-state index is 11.9. The van der Waals surface area contributed by atoms with Crippen molar-refractivity contribution < 1.29 is 9.53 Å². The number of anilines is 2. The van der Waals surface area contributed by atoms with Crippen LogP contribution in [0.2, 0.25) is 5.15 Å². The van der Waals surface area contributed by atoms with Crippen LogP contribution in [0, 0.1) is 5.92 Å². The Kier molecular flexibility index (Phi) is 4.98. The molecule has 1 N–H and O–H groups in total. The van der Waals surface area contributed by atoms with Gasteiger partial charge in [0, 0.05) is 5.69 Å². The Labute approximate surface area is 166 Å². The number of nitrogens with one attached hydrogen (secondary N) is 1. The van der Waals surface area contributed by atoms with Crippen LogP contribution in [-0.2, 0) is 15.6 Å². The monoisotopic (exact) mass is 386 g/mol. The second-order valence-electron chi connectivity index (χ2n) is 8.31. The first-order valence-corrected chi connectivity index (χ1v) is 9.72. The van der Waals surface area contributed by atoms with E-state index in [4.69, 9.17) is 16.3 Å². The standard InChI is InChI=1S/C22H27ClN2O2/c1-7-27-20(26)15-9-11-18(25-19(15)23)24-14-8-10-16-17(12-14)22(5,6)13(2)21(16,3)4/h8-13H,7H2,1-6H3,(H,24,25). The van der Waals surface area contributed by atoms with Crippen LogP contribution in [0.3, 0.4) is 0 Å². The van der Waals surface area contributed by atoms with E-state index in [0.29, 0.717) is 18.3 Å². The molecule has 1 aromatic heterocycles. The van der Waals surface area contributed by atoms with Crippen molar-refractivity contribution in [2.45, 2.75) is 52.4 Å². The average molecular weight is 387 g/mol. The lowest BCUT2D eigenvalue weighted by molar-refractivity contribution is 0.0526. The minimum atomic E-state index is -0.461. The van der Waals surface area contributed by atoms with Gasteiger partial charge in [-0.25, -0.2) is 9.78 Å². The van der Waals surface area contributed by atoms with Crippen molar-refractivity contribution in [1.82, 2.24) is 4.98 Å². The normalized spacial score (nSPS) is 19.4. The Morgan fingerprint density at radius 2 is 1.81 bits per heavy atom. The lowest BCUT2D eigenvalue weighted by atomic mass is 9.71. The smallest absolute Gasteiger partial charge is 0.341 e. The summed E-state index contributed by atoms with van der Waals surface area (Å²) >= 11 is 6.17. The lowest BCUT2D eigenvalue weighted by Crippen LogP contribution is -2.30. The van der Waals surface area contributed by atoms with Crippen molar-refractivity contribution in [3.05, 3.63) is 52.2 Å². The molecule has 0 aliphatic heterocycles. The van der Waals surface area contributed by atoms with Crippen molar-refractivity contribution in [2.75, 3.05) is 11.9 Å². The molecule has 1 unspecified atom stereocenters. The highest BCUT2D eigenvalue weighted by Gasteiger charge is 2.48. The number of halogens is 1. The Morgan fingerprint density at radius 3 is 2.44 bits per heavy atom. The molecular weight excluding hydrogens is 360 g/mol. The molecule has 0 bridgehead atoms. The molecule has 5 heteroatoms. The van der Waals surface area contributed by atoms with E-state index in [9.17, 15) is 4.79 Å². The van der Waals surface area contributed by atoms with Gasteiger partial charge in [-0.3, -0.25) is 0 Å². The van der Waals surface area contributed by atoms with Gasteiger partial charge in [0.2, 0.25) is 0 Å². The molecule has 1 aliphatic carbocycles. The maximum atomic E-state index is 11.9. The number of rotatable bonds is 4. The van der Waals surface area contributed by atoms with Gasteiger partial charge < -0.3 is 10.1 Å². The molecule has 4 nitrogen and oxygen atoms in total. The predicted octanol–water partition coefficient (Wildman–Crippen LogP) is 5.86. The quantitative estimate of drug-likeness (QED) is 0.528. The number of aromatic nitrogens is 1. The fourth-order valence-electron chi connectivity index (χ4n) is 4.10. The summed E-state index contributed by atoms with van der Waals surface area (Å²) in [5, 5.41) is 3.44. The predicted molar refractivity (Wildman–Crippen MR) is 110 cm³/mol. The highest BCUT2D eigenvalue weighted by Crippen LogP contribution is 2.54. The molecule has 0 saturated carbocycles. The van der Waals surface area contributed by atoms with Crippen LogP contribution in [0.4, 0.5) is 11.5 Å². The third-order valence-corrected chi connectivity index (χ3v) is 6.48. The van der Waals surface area contributed by atoms with E-state index in [0.717, 1.165) is 5.69 Å². The molecule has 144 valence electrons. The molecule has 1 aromatic carbocycles. The van der Waals surface area contributed by atoms with E-state index < -0.39 is 5.97 Å². The third-order valence-electron chi connectivity index (χ3n) is 6.19. The second-order valence-corrected chi connectivity index (χ2v) is 8.66. The van der Waals surface area contributed by atoms with Crippen LogP contribution in [0.1, 0.15) is 63.0 Å². The number of nitrogens with zero attached hydrogens (tertiary/aromatic N) is 1. The fraction of sp³-hybridized carbons (Fsp3) is 0.455. The highest BCUT2D eigenvalue weighted by atomic mass is 35.5. The Morgan fingerprint density at radius 1 is 1.15 bits per heavy atom. The topological polar surface area (TPSA) is 51.2 Å². The summed E-state index contributed by atoms with van der Waals surface area (Å²) in [6, 6.07) is 9.86. The van der Waals surface area contributed by atoms with Crippen molar-refractivity contribution in [2.24, 2.45) is 5.92 Å². The van der Waals surface area contributed by atoms with Gasteiger partial charge in [-0.05, 0) is 59.1 Å². The van der Waals surface area contributed by atoms with Gasteiger partial charge in [-0.15, -0.1) is 0 Å². The van der Waals surface area contributed by atoms with Crippen LogP contribution >= 0.6 is 11.6 Å². The minimum absolute atomic E-state index is 0.0926.